The molecule has 62 valence electrons. The van der Waals surface area contributed by atoms with Gasteiger partial charge >= 0.3 is 0 Å². The molecule has 0 aliphatic heterocycles. The van der Waals surface area contributed by atoms with Crippen molar-refractivity contribution < 1.29 is 4.74 Å². The highest BCUT2D eigenvalue weighted by Crippen LogP contribution is 2.29. The molecule has 0 N–H and O–H groups in total. The van der Waals surface area contributed by atoms with Crippen LogP contribution in [0.5, 0.6) is 5.88 Å². The van der Waals surface area contributed by atoms with E-state index in [4.69, 9.17) is 11.3 Å². The van der Waals surface area contributed by atoms with E-state index in [1.54, 1.807) is 0 Å². The normalized spacial score (nSPS) is 9.17. The molecule has 1 rings (SSSR count). The quantitative estimate of drug-likeness (QED) is 0.592. The van der Waals surface area contributed by atoms with Gasteiger partial charge in [0, 0.05) is 5.69 Å². The van der Waals surface area contributed by atoms with Crippen molar-refractivity contribution in [2.75, 3.05) is 7.11 Å². The van der Waals surface area contributed by atoms with Crippen LogP contribution in [0, 0.1) is 20.4 Å². The maximum absolute atomic E-state index is 6.90. The predicted molar refractivity (Wildman–Crippen MR) is 46.5 cm³/mol. The number of ether oxygens (including phenoxy) is 1. The van der Waals surface area contributed by atoms with Crippen LogP contribution in [0.25, 0.3) is 4.85 Å². The zero-order valence-electron chi connectivity index (χ0n) is 7.38. The first-order chi connectivity index (χ1) is 5.69. The third-order valence-corrected chi connectivity index (χ3v) is 1.58. The van der Waals surface area contributed by atoms with Crippen molar-refractivity contribution >= 4 is 5.69 Å². The van der Waals surface area contributed by atoms with Crippen LogP contribution in [-0.2, 0) is 0 Å². The van der Waals surface area contributed by atoms with Gasteiger partial charge in [0.05, 0.1) is 13.7 Å². The van der Waals surface area contributed by atoms with Gasteiger partial charge in [0.25, 0.3) is 0 Å². The molecular formula is C9H10N2O. The van der Waals surface area contributed by atoms with Crippen LogP contribution >= 0.6 is 0 Å². The summed E-state index contributed by atoms with van der Waals surface area (Å²) in [5, 5.41) is 0. The molecule has 0 fully saturated rings. The number of hydrogen-bond acceptors (Lipinski definition) is 2. The molecule has 12 heavy (non-hydrogen) atoms. The minimum atomic E-state index is 0.419. The van der Waals surface area contributed by atoms with E-state index in [2.05, 4.69) is 9.83 Å². The molecule has 0 atom stereocenters. The molecule has 0 radical (unpaired) electrons. The van der Waals surface area contributed by atoms with E-state index in [0.29, 0.717) is 11.6 Å². The van der Waals surface area contributed by atoms with Gasteiger partial charge in [0.2, 0.25) is 11.6 Å². The van der Waals surface area contributed by atoms with E-state index in [9.17, 15) is 0 Å². The number of nitrogens with zero attached hydrogens (tertiary/aromatic N) is 2. The molecule has 1 heterocycles. The third-order valence-electron chi connectivity index (χ3n) is 1.58. The summed E-state index contributed by atoms with van der Waals surface area (Å²) in [6.45, 7) is 10.7. The molecule has 1 aromatic rings. The van der Waals surface area contributed by atoms with Crippen molar-refractivity contribution in [1.82, 2.24) is 4.98 Å². The van der Waals surface area contributed by atoms with E-state index in [-0.39, 0.29) is 0 Å². The average Bonchev–Trinajstić information content (AvgIpc) is 2.03. The number of aryl methyl sites for hydroxylation is 2. The molecule has 0 aliphatic rings. The molecule has 0 unspecified atom stereocenters. The Kier molecular flexibility index (Phi) is 2.29. The van der Waals surface area contributed by atoms with E-state index in [1.807, 2.05) is 19.9 Å². The lowest BCUT2D eigenvalue weighted by molar-refractivity contribution is 0.399. The molecule has 0 saturated heterocycles. The molecule has 0 spiro atoms. The van der Waals surface area contributed by atoms with Gasteiger partial charge in [0.15, 0.2) is 0 Å². The maximum atomic E-state index is 6.90. The summed E-state index contributed by atoms with van der Waals surface area (Å²) in [7, 11) is 1.52. The maximum Gasteiger partial charge on any atom is 0.249 e. The first kappa shape index (κ1) is 8.54. The van der Waals surface area contributed by atoms with Gasteiger partial charge in [-0.25, -0.2) is 9.83 Å². The van der Waals surface area contributed by atoms with E-state index in [0.717, 1.165) is 11.3 Å². The summed E-state index contributed by atoms with van der Waals surface area (Å²) in [4.78, 5) is 7.43. The second-order valence-corrected chi connectivity index (χ2v) is 2.55. The van der Waals surface area contributed by atoms with Crippen molar-refractivity contribution in [2.24, 2.45) is 0 Å². The SMILES string of the molecule is [C-]#[N+]c1c(C)cc(C)nc1OC. The van der Waals surface area contributed by atoms with Gasteiger partial charge in [-0.1, -0.05) is 0 Å². The fourth-order valence-corrected chi connectivity index (χ4v) is 1.07. The monoisotopic (exact) mass is 162 g/mol. The highest BCUT2D eigenvalue weighted by Gasteiger charge is 2.07. The van der Waals surface area contributed by atoms with Crippen LogP contribution in [0.2, 0.25) is 0 Å². The predicted octanol–water partition coefficient (Wildman–Crippen LogP) is 2.26. The van der Waals surface area contributed by atoms with Gasteiger partial charge in [-0.3, -0.25) is 0 Å². The van der Waals surface area contributed by atoms with Gasteiger partial charge in [-0.05, 0) is 25.5 Å². The van der Waals surface area contributed by atoms with Crippen LogP contribution in [-0.4, -0.2) is 12.1 Å². The highest BCUT2D eigenvalue weighted by molar-refractivity contribution is 5.59. The molecule has 1 aromatic heterocycles. The summed E-state index contributed by atoms with van der Waals surface area (Å²) < 4.78 is 4.97. The number of rotatable bonds is 1. The van der Waals surface area contributed by atoms with Crippen molar-refractivity contribution in [3.8, 4) is 5.88 Å². The van der Waals surface area contributed by atoms with E-state index in [1.165, 1.54) is 7.11 Å². The Bertz CT molecular complexity index is 339. The molecular weight excluding hydrogens is 152 g/mol. The largest absolute Gasteiger partial charge is 0.490 e. The van der Waals surface area contributed by atoms with Crippen LogP contribution in [0.1, 0.15) is 11.3 Å². The van der Waals surface area contributed by atoms with Gasteiger partial charge in [-0.2, -0.15) is 0 Å². The van der Waals surface area contributed by atoms with Crippen molar-refractivity contribution in [3.05, 3.63) is 28.7 Å². The molecule has 3 nitrogen and oxygen atoms in total. The molecule has 0 aliphatic carbocycles. The Morgan fingerprint density at radius 1 is 1.50 bits per heavy atom. The molecule has 0 aromatic carbocycles. The number of hydrogen-bond donors (Lipinski definition) is 0. The lowest BCUT2D eigenvalue weighted by atomic mass is 10.2. The second kappa shape index (κ2) is 3.22. The Labute approximate surface area is 71.8 Å². The van der Waals surface area contributed by atoms with Crippen LogP contribution < -0.4 is 4.74 Å². The molecule has 0 amide bonds. The van der Waals surface area contributed by atoms with Gasteiger partial charge in [0.1, 0.15) is 0 Å². The zero-order valence-corrected chi connectivity index (χ0v) is 7.38. The number of pyridine rings is 1. The topological polar surface area (TPSA) is 26.5 Å². The van der Waals surface area contributed by atoms with Crippen LogP contribution in [0.15, 0.2) is 6.07 Å². The summed E-state index contributed by atoms with van der Waals surface area (Å²) in [6.07, 6.45) is 0. The summed E-state index contributed by atoms with van der Waals surface area (Å²) in [6, 6.07) is 1.87. The summed E-state index contributed by atoms with van der Waals surface area (Å²) in [5.74, 6) is 0.419. The van der Waals surface area contributed by atoms with E-state index < -0.39 is 0 Å². The van der Waals surface area contributed by atoms with Crippen molar-refractivity contribution in [2.45, 2.75) is 13.8 Å². The zero-order chi connectivity index (χ0) is 9.14. The van der Waals surface area contributed by atoms with Gasteiger partial charge in [-0.15, -0.1) is 0 Å². The lowest BCUT2D eigenvalue weighted by Gasteiger charge is -2.05. The summed E-state index contributed by atoms with van der Waals surface area (Å²) in [5.41, 5.74) is 2.29. The van der Waals surface area contributed by atoms with Crippen LogP contribution in [0.4, 0.5) is 5.69 Å². The first-order valence-electron chi connectivity index (χ1n) is 3.58. The average molecular weight is 162 g/mol. The molecule has 3 heteroatoms. The van der Waals surface area contributed by atoms with Crippen molar-refractivity contribution in [1.29, 1.82) is 0 Å². The standard InChI is InChI=1S/C9H10N2O/c1-6-5-7(2)11-9(12-4)8(6)10-3/h5H,1-2,4H3. The second-order valence-electron chi connectivity index (χ2n) is 2.55. The van der Waals surface area contributed by atoms with E-state index >= 15 is 0 Å². The Balaban J connectivity index is 3.36. The third kappa shape index (κ3) is 1.37. The Morgan fingerprint density at radius 2 is 2.17 bits per heavy atom. The van der Waals surface area contributed by atoms with Crippen molar-refractivity contribution in [3.63, 3.8) is 0 Å². The lowest BCUT2D eigenvalue weighted by Crippen LogP contribution is -1.91. The molecule has 0 bridgehead atoms. The minimum absolute atomic E-state index is 0.419. The fraction of sp³-hybridized carbons (Fsp3) is 0.333. The smallest absolute Gasteiger partial charge is 0.249 e. The summed E-state index contributed by atoms with van der Waals surface area (Å²) >= 11 is 0. The number of aromatic nitrogens is 1. The Hall–Kier alpha value is -1.56. The Morgan fingerprint density at radius 3 is 2.67 bits per heavy atom. The number of methoxy groups -OCH3 is 1. The molecule has 0 saturated carbocycles. The van der Waals surface area contributed by atoms with Crippen LogP contribution in [0.3, 0.4) is 0 Å². The first-order valence-corrected chi connectivity index (χ1v) is 3.58. The fourth-order valence-electron chi connectivity index (χ4n) is 1.07. The highest BCUT2D eigenvalue weighted by atomic mass is 16.5. The minimum Gasteiger partial charge on any atom is -0.490 e. The van der Waals surface area contributed by atoms with Gasteiger partial charge < -0.3 is 4.74 Å².